The summed E-state index contributed by atoms with van der Waals surface area (Å²) < 4.78 is 1.12. The van der Waals surface area contributed by atoms with Gasteiger partial charge in [0.2, 0.25) is 0 Å². The number of carboxylic acids is 1. The number of hydrogen-bond acceptors (Lipinski definition) is 5. The van der Waals surface area contributed by atoms with E-state index >= 15 is 0 Å². The molecular formula is C26H25N5O3. The molecule has 0 saturated carbocycles. The van der Waals surface area contributed by atoms with Crippen LogP contribution in [0.1, 0.15) is 34.5 Å². The SMILES string of the molecule is Cc1cc2c(cc1-c1cccnc1)c(C(=O)O)nn2C(=O)Nc1ccc(CN2CCCC2)cc1. The van der Waals surface area contributed by atoms with Crippen molar-refractivity contribution in [2.75, 3.05) is 18.4 Å². The average Bonchev–Trinajstić information content (AvgIpc) is 3.48. The first-order chi connectivity index (χ1) is 16.5. The minimum Gasteiger partial charge on any atom is -0.476 e. The Morgan fingerprint density at radius 3 is 2.53 bits per heavy atom. The van der Waals surface area contributed by atoms with Gasteiger partial charge in [0, 0.05) is 35.6 Å². The number of aryl methyl sites for hydroxylation is 1. The number of likely N-dealkylation sites (tertiary alicyclic amines) is 1. The number of aromatic carboxylic acids is 1. The van der Waals surface area contributed by atoms with Gasteiger partial charge in [-0.05, 0) is 79.9 Å². The number of carboxylic acid groups (broad SMARTS) is 1. The molecule has 1 fully saturated rings. The van der Waals surface area contributed by atoms with Gasteiger partial charge in [-0.25, -0.2) is 9.59 Å². The van der Waals surface area contributed by atoms with Crippen molar-refractivity contribution in [2.45, 2.75) is 26.3 Å². The van der Waals surface area contributed by atoms with E-state index in [-0.39, 0.29) is 5.69 Å². The Kier molecular flexibility index (Phi) is 5.81. The number of fused-ring (bicyclic) bond motifs is 1. The van der Waals surface area contributed by atoms with Crippen molar-refractivity contribution in [3.63, 3.8) is 0 Å². The van der Waals surface area contributed by atoms with Crippen LogP contribution in [0, 0.1) is 6.92 Å². The maximum absolute atomic E-state index is 13.1. The van der Waals surface area contributed by atoms with Crippen LogP contribution in [0.2, 0.25) is 0 Å². The molecule has 1 amide bonds. The summed E-state index contributed by atoms with van der Waals surface area (Å²) in [6.07, 6.45) is 5.89. The molecule has 2 N–H and O–H groups in total. The monoisotopic (exact) mass is 455 g/mol. The molecule has 0 bridgehead atoms. The number of benzene rings is 2. The van der Waals surface area contributed by atoms with Crippen LogP contribution in [-0.4, -0.2) is 49.9 Å². The summed E-state index contributed by atoms with van der Waals surface area (Å²) in [5, 5.41) is 17.1. The zero-order valence-electron chi connectivity index (χ0n) is 18.9. The summed E-state index contributed by atoms with van der Waals surface area (Å²) in [5.74, 6) is -1.19. The Bertz CT molecular complexity index is 1360. The minimum atomic E-state index is -1.19. The maximum atomic E-state index is 13.1. The Labute approximate surface area is 196 Å². The van der Waals surface area contributed by atoms with E-state index in [0.717, 1.165) is 41.0 Å². The fourth-order valence-electron chi connectivity index (χ4n) is 4.48. The topological polar surface area (TPSA) is 100 Å². The number of pyridine rings is 1. The van der Waals surface area contributed by atoms with Crippen LogP contribution in [0.4, 0.5) is 10.5 Å². The Morgan fingerprint density at radius 1 is 1.09 bits per heavy atom. The van der Waals surface area contributed by atoms with Gasteiger partial charge in [-0.3, -0.25) is 9.88 Å². The molecule has 2 aromatic carbocycles. The number of nitrogens with one attached hydrogen (secondary N) is 1. The van der Waals surface area contributed by atoms with Gasteiger partial charge >= 0.3 is 12.0 Å². The summed E-state index contributed by atoms with van der Waals surface area (Å²) in [6.45, 7) is 5.06. The quantitative estimate of drug-likeness (QED) is 0.449. The number of rotatable bonds is 5. The summed E-state index contributed by atoms with van der Waals surface area (Å²) in [7, 11) is 0. The van der Waals surface area contributed by atoms with E-state index in [2.05, 4.69) is 20.3 Å². The fraction of sp³-hybridized carbons (Fsp3) is 0.231. The molecule has 3 heterocycles. The van der Waals surface area contributed by atoms with Gasteiger partial charge in [0.15, 0.2) is 5.69 Å². The number of amides is 1. The molecule has 1 saturated heterocycles. The molecule has 0 radical (unpaired) electrons. The van der Waals surface area contributed by atoms with Crippen LogP contribution in [0.15, 0.2) is 60.9 Å². The van der Waals surface area contributed by atoms with Crippen molar-refractivity contribution in [1.82, 2.24) is 19.7 Å². The summed E-state index contributed by atoms with van der Waals surface area (Å²) in [5.41, 5.74) is 4.68. The van der Waals surface area contributed by atoms with E-state index < -0.39 is 12.0 Å². The first-order valence-electron chi connectivity index (χ1n) is 11.3. The molecule has 1 aliphatic heterocycles. The number of aromatic nitrogens is 3. The molecule has 1 aliphatic rings. The summed E-state index contributed by atoms with van der Waals surface area (Å²) in [4.78, 5) is 31.5. The number of carbonyl (C=O) groups excluding carboxylic acids is 1. The average molecular weight is 456 g/mol. The molecule has 0 spiro atoms. The maximum Gasteiger partial charge on any atom is 0.357 e. The van der Waals surface area contributed by atoms with Crippen LogP contribution in [0.3, 0.4) is 0 Å². The van der Waals surface area contributed by atoms with Gasteiger partial charge in [0.25, 0.3) is 0 Å². The zero-order chi connectivity index (χ0) is 23.7. The van der Waals surface area contributed by atoms with E-state index in [1.807, 2.05) is 43.3 Å². The highest BCUT2D eigenvalue weighted by molar-refractivity contribution is 6.07. The highest BCUT2D eigenvalue weighted by atomic mass is 16.4. The molecule has 2 aromatic heterocycles. The van der Waals surface area contributed by atoms with E-state index in [9.17, 15) is 14.7 Å². The van der Waals surface area contributed by atoms with Crippen molar-refractivity contribution in [3.8, 4) is 11.1 Å². The third kappa shape index (κ3) is 4.27. The van der Waals surface area contributed by atoms with Crippen LogP contribution in [0.25, 0.3) is 22.0 Å². The smallest absolute Gasteiger partial charge is 0.357 e. The van der Waals surface area contributed by atoms with Crippen molar-refractivity contribution >= 4 is 28.6 Å². The summed E-state index contributed by atoms with van der Waals surface area (Å²) in [6, 6.07) is 14.5. The second kappa shape index (κ2) is 9.07. The van der Waals surface area contributed by atoms with Crippen molar-refractivity contribution in [3.05, 3.63) is 77.7 Å². The van der Waals surface area contributed by atoms with Crippen molar-refractivity contribution < 1.29 is 14.7 Å². The fourth-order valence-corrected chi connectivity index (χ4v) is 4.48. The largest absolute Gasteiger partial charge is 0.476 e. The van der Waals surface area contributed by atoms with E-state index in [0.29, 0.717) is 16.6 Å². The van der Waals surface area contributed by atoms with Gasteiger partial charge in [0.1, 0.15) is 0 Å². The third-order valence-corrected chi connectivity index (χ3v) is 6.20. The Hall–Kier alpha value is -4.04. The van der Waals surface area contributed by atoms with E-state index in [1.165, 1.54) is 18.4 Å². The molecule has 0 aliphatic carbocycles. The Balaban J connectivity index is 1.44. The lowest BCUT2D eigenvalue weighted by molar-refractivity contribution is 0.0692. The number of hydrogen-bond donors (Lipinski definition) is 2. The number of carbonyl (C=O) groups is 2. The first kappa shape index (κ1) is 21.8. The first-order valence-corrected chi connectivity index (χ1v) is 11.3. The number of nitrogens with zero attached hydrogens (tertiary/aromatic N) is 4. The zero-order valence-corrected chi connectivity index (χ0v) is 18.9. The van der Waals surface area contributed by atoms with E-state index in [4.69, 9.17) is 0 Å². The van der Waals surface area contributed by atoms with Crippen LogP contribution in [-0.2, 0) is 6.54 Å². The van der Waals surface area contributed by atoms with Crippen molar-refractivity contribution in [2.24, 2.45) is 0 Å². The molecule has 172 valence electrons. The van der Waals surface area contributed by atoms with Crippen LogP contribution >= 0.6 is 0 Å². The van der Waals surface area contributed by atoms with Crippen LogP contribution in [0.5, 0.6) is 0 Å². The summed E-state index contributed by atoms with van der Waals surface area (Å²) >= 11 is 0. The normalized spacial score (nSPS) is 13.9. The van der Waals surface area contributed by atoms with Crippen molar-refractivity contribution in [1.29, 1.82) is 0 Å². The molecular weight excluding hydrogens is 430 g/mol. The van der Waals surface area contributed by atoms with Gasteiger partial charge < -0.3 is 10.4 Å². The lowest BCUT2D eigenvalue weighted by atomic mass is 9.99. The molecule has 5 rings (SSSR count). The second-order valence-corrected chi connectivity index (χ2v) is 8.60. The predicted octanol–water partition coefficient (Wildman–Crippen LogP) is 4.78. The lowest BCUT2D eigenvalue weighted by Crippen LogP contribution is -2.21. The molecule has 4 aromatic rings. The highest BCUT2D eigenvalue weighted by Crippen LogP contribution is 2.30. The van der Waals surface area contributed by atoms with Gasteiger partial charge in [-0.1, -0.05) is 18.2 Å². The molecule has 8 heteroatoms. The molecule has 0 atom stereocenters. The Morgan fingerprint density at radius 2 is 1.85 bits per heavy atom. The molecule has 34 heavy (non-hydrogen) atoms. The molecule has 0 unspecified atom stereocenters. The minimum absolute atomic E-state index is 0.170. The second-order valence-electron chi connectivity index (χ2n) is 8.60. The van der Waals surface area contributed by atoms with E-state index in [1.54, 1.807) is 24.5 Å². The lowest BCUT2D eigenvalue weighted by Gasteiger charge is -2.14. The van der Waals surface area contributed by atoms with Gasteiger partial charge in [-0.2, -0.15) is 9.78 Å². The highest BCUT2D eigenvalue weighted by Gasteiger charge is 2.22. The van der Waals surface area contributed by atoms with Gasteiger partial charge in [-0.15, -0.1) is 0 Å². The van der Waals surface area contributed by atoms with Crippen LogP contribution < -0.4 is 5.32 Å². The number of anilines is 1. The standard InChI is InChI=1S/C26H25N5O3/c1-17-13-23-22(14-21(17)19-5-4-10-27-15-19)24(25(32)33)29-31(23)26(34)28-20-8-6-18(7-9-20)16-30-11-2-3-12-30/h4-10,13-15H,2-3,11-12,16H2,1H3,(H,28,34)(H,32,33). The van der Waals surface area contributed by atoms with Gasteiger partial charge in [0.05, 0.1) is 5.52 Å². The molecule has 8 nitrogen and oxygen atoms in total. The third-order valence-electron chi connectivity index (χ3n) is 6.20. The predicted molar refractivity (Wildman–Crippen MR) is 130 cm³/mol.